The molecule has 0 aliphatic rings. The van der Waals surface area contributed by atoms with Gasteiger partial charge in [-0.25, -0.2) is 0 Å². The number of carbonyl (C=O) groups is 1. The first-order valence-electron chi connectivity index (χ1n) is 5.68. The number of hydrogen-bond donors (Lipinski definition) is 1. The summed E-state index contributed by atoms with van der Waals surface area (Å²) in [6, 6.07) is 5.72. The fourth-order valence-corrected chi connectivity index (χ4v) is 1.52. The molecule has 0 heterocycles. The maximum Gasteiger partial charge on any atom is 0.253 e. The molecule has 0 aliphatic carbocycles. The Morgan fingerprint density at radius 3 is 2.29 bits per heavy atom. The van der Waals surface area contributed by atoms with Gasteiger partial charge >= 0.3 is 0 Å². The van der Waals surface area contributed by atoms with Crippen LogP contribution in [0.4, 0.5) is 11.4 Å². The van der Waals surface area contributed by atoms with Crippen molar-refractivity contribution < 1.29 is 4.79 Å². The molecule has 0 unspecified atom stereocenters. The van der Waals surface area contributed by atoms with Crippen molar-refractivity contribution in [2.75, 3.05) is 31.8 Å². The second-order valence-electron chi connectivity index (χ2n) is 4.68. The lowest BCUT2D eigenvalue weighted by Crippen LogP contribution is -2.27. The zero-order valence-electron chi connectivity index (χ0n) is 11.2. The van der Waals surface area contributed by atoms with Crippen molar-refractivity contribution in [1.82, 2.24) is 4.90 Å². The molecule has 1 amide bonds. The lowest BCUT2D eigenvalue weighted by molar-refractivity contribution is 0.0827. The van der Waals surface area contributed by atoms with Crippen LogP contribution in [-0.2, 0) is 0 Å². The topological polar surface area (TPSA) is 49.6 Å². The van der Waals surface area contributed by atoms with Crippen LogP contribution in [-0.4, -0.2) is 38.0 Å². The quantitative estimate of drug-likeness (QED) is 0.813. The van der Waals surface area contributed by atoms with Gasteiger partial charge in [0, 0.05) is 32.7 Å². The third-order valence-electron chi connectivity index (χ3n) is 2.84. The number of hydrogen-bond acceptors (Lipinski definition) is 3. The number of nitrogen functional groups attached to an aromatic ring is 1. The SMILES string of the molecule is CC(C)N(C)c1cc(C(=O)N(C)C)ccc1N. The molecule has 0 atom stereocenters. The van der Waals surface area contributed by atoms with Gasteiger partial charge < -0.3 is 15.5 Å². The van der Waals surface area contributed by atoms with Crippen molar-refractivity contribution in [1.29, 1.82) is 0 Å². The van der Waals surface area contributed by atoms with Gasteiger partial charge in [0.05, 0.1) is 11.4 Å². The highest BCUT2D eigenvalue weighted by atomic mass is 16.2. The number of nitrogens with zero attached hydrogens (tertiary/aromatic N) is 2. The van der Waals surface area contributed by atoms with Crippen molar-refractivity contribution in [2.24, 2.45) is 0 Å². The van der Waals surface area contributed by atoms with Gasteiger partial charge in [0.25, 0.3) is 5.91 Å². The van der Waals surface area contributed by atoms with Crippen LogP contribution in [0.1, 0.15) is 24.2 Å². The zero-order chi connectivity index (χ0) is 13.2. The van der Waals surface area contributed by atoms with Gasteiger partial charge in [0.15, 0.2) is 0 Å². The predicted molar refractivity (Wildman–Crippen MR) is 72.4 cm³/mol. The van der Waals surface area contributed by atoms with E-state index in [1.807, 2.05) is 13.1 Å². The van der Waals surface area contributed by atoms with Crippen LogP contribution in [0.3, 0.4) is 0 Å². The van der Waals surface area contributed by atoms with E-state index in [-0.39, 0.29) is 5.91 Å². The van der Waals surface area contributed by atoms with Crippen molar-refractivity contribution in [3.05, 3.63) is 23.8 Å². The Kier molecular flexibility index (Phi) is 3.99. The third-order valence-corrected chi connectivity index (χ3v) is 2.84. The Hall–Kier alpha value is -1.71. The molecule has 4 heteroatoms. The molecular weight excluding hydrogens is 214 g/mol. The summed E-state index contributed by atoms with van der Waals surface area (Å²) in [7, 11) is 5.45. The van der Waals surface area contributed by atoms with Gasteiger partial charge in [0.2, 0.25) is 0 Å². The van der Waals surface area contributed by atoms with Gasteiger partial charge in [-0.1, -0.05) is 0 Å². The Morgan fingerprint density at radius 1 is 1.24 bits per heavy atom. The molecule has 0 saturated heterocycles. The van der Waals surface area contributed by atoms with Crippen molar-refractivity contribution in [2.45, 2.75) is 19.9 Å². The van der Waals surface area contributed by atoms with Gasteiger partial charge in [-0.2, -0.15) is 0 Å². The van der Waals surface area contributed by atoms with Gasteiger partial charge in [0.1, 0.15) is 0 Å². The van der Waals surface area contributed by atoms with E-state index in [4.69, 9.17) is 5.73 Å². The molecule has 94 valence electrons. The smallest absolute Gasteiger partial charge is 0.253 e. The van der Waals surface area contributed by atoms with E-state index in [0.717, 1.165) is 5.69 Å². The molecule has 0 aromatic heterocycles. The molecule has 0 spiro atoms. The average Bonchev–Trinajstić information content (AvgIpc) is 2.27. The summed E-state index contributed by atoms with van der Waals surface area (Å²) in [5.74, 6) is -0.0107. The number of carbonyl (C=O) groups excluding carboxylic acids is 1. The molecule has 0 radical (unpaired) electrons. The van der Waals surface area contributed by atoms with Crippen LogP contribution >= 0.6 is 0 Å². The summed E-state index contributed by atoms with van der Waals surface area (Å²) in [5.41, 5.74) is 8.18. The predicted octanol–water partition coefficient (Wildman–Crippen LogP) is 1.82. The fraction of sp³-hybridized carbons (Fsp3) is 0.462. The maximum absolute atomic E-state index is 11.9. The second kappa shape index (κ2) is 5.08. The van der Waals surface area contributed by atoms with E-state index < -0.39 is 0 Å². The Morgan fingerprint density at radius 2 is 1.82 bits per heavy atom. The molecule has 0 saturated carbocycles. The molecular formula is C13H21N3O. The van der Waals surface area contributed by atoms with Crippen molar-refractivity contribution in [3.8, 4) is 0 Å². The molecule has 0 bridgehead atoms. The maximum atomic E-state index is 11.9. The standard InChI is InChI=1S/C13H21N3O/c1-9(2)16(5)12-8-10(6-7-11(12)14)13(17)15(3)4/h6-9H,14H2,1-5H3. The highest BCUT2D eigenvalue weighted by Crippen LogP contribution is 2.25. The van der Waals surface area contributed by atoms with Gasteiger partial charge in [-0.3, -0.25) is 4.79 Å². The summed E-state index contributed by atoms with van der Waals surface area (Å²) in [6.45, 7) is 4.17. The van der Waals surface area contributed by atoms with E-state index in [2.05, 4.69) is 18.7 Å². The monoisotopic (exact) mass is 235 g/mol. The van der Waals surface area contributed by atoms with Crippen LogP contribution in [0.2, 0.25) is 0 Å². The molecule has 0 aliphatic heterocycles. The molecule has 1 rings (SSSR count). The highest BCUT2D eigenvalue weighted by molar-refractivity contribution is 5.96. The van der Waals surface area contributed by atoms with E-state index in [1.54, 1.807) is 31.1 Å². The minimum atomic E-state index is -0.0107. The highest BCUT2D eigenvalue weighted by Gasteiger charge is 2.13. The Balaban J connectivity index is 3.15. The molecule has 17 heavy (non-hydrogen) atoms. The number of benzene rings is 1. The third kappa shape index (κ3) is 2.90. The Bertz CT molecular complexity index is 413. The molecule has 1 aromatic rings. The van der Waals surface area contributed by atoms with E-state index in [0.29, 0.717) is 17.3 Å². The van der Waals surface area contributed by atoms with Crippen LogP contribution in [0.25, 0.3) is 0 Å². The van der Waals surface area contributed by atoms with Crippen LogP contribution in [0.5, 0.6) is 0 Å². The summed E-state index contributed by atoms with van der Waals surface area (Å²) in [6.07, 6.45) is 0. The minimum absolute atomic E-state index is 0.0107. The lowest BCUT2D eigenvalue weighted by Gasteiger charge is -2.26. The summed E-state index contributed by atoms with van der Waals surface area (Å²) in [4.78, 5) is 15.5. The average molecular weight is 235 g/mol. The minimum Gasteiger partial charge on any atom is -0.397 e. The number of nitrogens with two attached hydrogens (primary N) is 1. The molecule has 2 N–H and O–H groups in total. The van der Waals surface area contributed by atoms with E-state index in [1.165, 1.54) is 0 Å². The zero-order valence-corrected chi connectivity index (χ0v) is 11.2. The number of amides is 1. The second-order valence-corrected chi connectivity index (χ2v) is 4.68. The van der Waals surface area contributed by atoms with E-state index in [9.17, 15) is 4.79 Å². The first-order valence-corrected chi connectivity index (χ1v) is 5.68. The largest absolute Gasteiger partial charge is 0.397 e. The molecule has 0 fully saturated rings. The molecule has 4 nitrogen and oxygen atoms in total. The summed E-state index contributed by atoms with van der Waals surface area (Å²) >= 11 is 0. The van der Waals surface area contributed by atoms with Crippen LogP contribution in [0, 0.1) is 0 Å². The number of anilines is 2. The normalized spacial score (nSPS) is 10.5. The van der Waals surface area contributed by atoms with Crippen LogP contribution in [0.15, 0.2) is 18.2 Å². The summed E-state index contributed by atoms with van der Waals surface area (Å²) < 4.78 is 0. The lowest BCUT2D eigenvalue weighted by atomic mass is 10.1. The first kappa shape index (κ1) is 13.4. The first-order chi connectivity index (χ1) is 7.84. The summed E-state index contributed by atoms with van der Waals surface area (Å²) in [5, 5.41) is 0. The van der Waals surface area contributed by atoms with E-state index >= 15 is 0 Å². The molecule has 1 aromatic carbocycles. The Labute approximate surface area is 103 Å². The van der Waals surface area contributed by atoms with Crippen molar-refractivity contribution >= 4 is 17.3 Å². The van der Waals surface area contributed by atoms with Crippen LogP contribution < -0.4 is 10.6 Å². The van der Waals surface area contributed by atoms with Crippen molar-refractivity contribution in [3.63, 3.8) is 0 Å². The van der Waals surface area contributed by atoms with Gasteiger partial charge in [-0.15, -0.1) is 0 Å². The number of rotatable bonds is 3. The fourth-order valence-electron chi connectivity index (χ4n) is 1.52. The van der Waals surface area contributed by atoms with Gasteiger partial charge in [-0.05, 0) is 32.0 Å².